The normalized spacial score (nSPS) is 16.8. The van der Waals surface area contributed by atoms with E-state index in [0.717, 1.165) is 16.5 Å². The van der Waals surface area contributed by atoms with Gasteiger partial charge in [-0.25, -0.2) is 0 Å². The van der Waals surface area contributed by atoms with Gasteiger partial charge in [0.1, 0.15) is 11.5 Å². The van der Waals surface area contributed by atoms with Crippen LogP contribution in [-0.4, -0.2) is 55.8 Å². The van der Waals surface area contributed by atoms with Crippen molar-refractivity contribution < 1.29 is 23.8 Å². The number of anilines is 1. The zero-order valence-corrected chi connectivity index (χ0v) is 21.9. The van der Waals surface area contributed by atoms with E-state index in [1.165, 1.54) is 0 Å². The first-order valence-electron chi connectivity index (χ1n) is 12.4. The number of rotatable bonds is 8. The van der Waals surface area contributed by atoms with E-state index < -0.39 is 12.0 Å². The molecule has 2 amide bonds. The topological polar surface area (TPSA) is 82.0 Å². The van der Waals surface area contributed by atoms with Crippen molar-refractivity contribution in [3.8, 4) is 11.5 Å². The second-order valence-corrected chi connectivity index (χ2v) is 9.27. The molecule has 1 N–H and O–H groups in total. The monoisotopic (exact) mass is 513 g/mol. The number of amides is 2. The maximum atomic E-state index is 14.2. The first kappa shape index (κ1) is 25.4. The molecule has 0 saturated carbocycles. The minimum atomic E-state index is -0.682. The predicted octanol–water partition coefficient (Wildman–Crippen LogP) is 4.76. The molecule has 1 aromatic heterocycles. The molecule has 3 aromatic carbocycles. The first-order valence-corrected chi connectivity index (χ1v) is 12.4. The van der Waals surface area contributed by atoms with Crippen LogP contribution in [0.15, 0.2) is 72.9 Å². The molecule has 196 valence electrons. The van der Waals surface area contributed by atoms with Gasteiger partial charge < -0.3 is 29.0 Å². The van der Waals surface area contributed by atoms with Crippen LogP contribution >= 0.6 is 0 Å². The Bertz CT molecular complexity index is 1490. The van der Waals surface area contributed by atoms with Gasteiger partial charge in [0.25, 0.3) is 5.91 Å². The van der Waals surface area contributed by atoms with Gasteiger partial charge in [0.2, 0.25) is 5.91 Å². The van der Waals surface area contributed by atoms with Crippen molar-refractivity contribution in [1.29, 1.82) is 0 Å². The Morgan fingerprint density at radius 2 is 1.71 bits per heavy atom. The van der Waals surface area contributed by atoms with Crippen molar-refractivity contribution in [1.82, 2.24) is 9.47 Å². The minimum absolute atomic E-state index is 0.123. The van der Waals surface area contributed by atoms with E-state index in [0.29, 0.717) is 41.5 Å². The lowest BCUT2D eigenvalue weighted by Gasteiger charge is -2.41. The van der Waals surface area contributed by atoms with Crippen LogP contribution in [0, 0.1) is 0 Å². The van der Waals surface area contributed by atoms with Crippen LogP contribution < -0.4 is 14.8 Å². The average Bonchev–Trinajstić information content (AvgIpc) is 3.28. The molecule has 8 nitrogen and oxygen atoms in total. The molecule has 1 aliphatic rings. The van der Waals surface area contributed by atoms with Gasteiger partial charge in [-0.2, -0.15) is 0 Å². The summed E-state index contributed by atoms with van der Waals surface area (Å²) in [4.78, 5) is 29.8. The largest absolute Gasteiger partial charge is 0.497 e. The first-order chi connectivity index (χ1) is 18.5. The van der Waals surface area contributed by atoms with Gasteiger partial charge in [0, 0.05) is 55.0 Å². The van der Waals surface area contributed by atoms with Crippen molar-refractivity contribution in [3.63, 3.8) is 0 Å². The number of hydrogen-bond donors (Lipinski definition) is 1. The Hall–Kier alpha value is -4.30. The number of ether oxygens (including phenoxy) is 3. The maximum absolute atomic E-state index is 14.2. The molecule has 2 atom stereocenters. The summed E-state index contributed by atoms with van der Waals surface area (Å²) in [5.41, 5.74) is 3.66. The predicted molar refractivity (Wildman–Crippen MR) is 146 cm³/mol. The highest BCUT2D eigenvalue weighted by Gasteiger charge is 2.45. The number of methoxy groups -OCH3 is 3. The third-order valence-corrected chi connectivity index (χ3v) is 7.17. The summed E-state index contributed by atoms with van der Waals surface area (Å²) in [5.74, 6) is 0.0532. The number of benzene rings is 3. The lowest BCUT2D eigenvalue weighted by Crippen LogP contribution is -2.47. The van der Waals surface area contributed by atoms with E-state index in [-0.39, 0.29) is 11.8 Å². The molecule has 0 radical (unpaired) electrons. The molecule has 0 aliphatic carbocycles. The lowest BCUT2D eigenvalue weighted by molar-refractivity contribution is -0.119. The molecule has 1 aliphatic heterocycles. The van der Waals surface area contributed by atoms with E-state index in [9.17, 15) is 9.59 Å². The van der Waals surface area contributed by atoms with Crippen molar-refractivity contribution >= 4 is 28.4 Å². The Morgan fingerprint density at radius 1 is 0.947 bits per heavy atom. The summed E-state index contributed by atoms with van der Waals surface area (Å²) in [6.07, 6.45) is 2.02. The molecule has 0 fully saturated rings. The van der Waals surface area contributed by atoms with Crippen LogP contribution in [0.2, 0.25) is 0 Å². The summed E-state index contributed by atoms with van der Waals surface area (Å²) in [6.45, 7) is 0.684. The standard InChI is InChI=1S/C30H31N3O5/c1-32-18-23(20-9-7-8-12-25(20)32)28-27(29(34)31-24-14-13-19(37-3)17-26(24)38-4)21-10-5-6-11-22(21)30(35)33(28)15-16-36-2/h5-14,17-18,27-28H,15-16H2,1-4H3,(H,31,34)/t27-,28-/m1/s1. The number of nitrogens with one attached hydrogen (secondary N) is 1. The van der Waals surface area contributed by atoms with Crippen LogP contribution in [0.3, 0.4) is 0 Å². The SMILES string of the molecule is COCCN1C(=O)c2ccccc2[C@@H](C(=O)Nc2ccc(OC)cc2OC)[C@H]1c1cn(C)c2ccccc12. The molecule has 0 spiro atoms. The molecular formula is C30H31N3O5. The molecule has 0 saturated heterocycles. The molecule has 4 aromatic rings. The lowest BCUT2D eigenvalue weighted by atomic mass is 9.79. The maximum Gasteiger partial charge on any atom is 0.254 e. The molecule has 5 rings (SSSR count). The van der Waals surface area contributed by atoms with Crippen LogP contribution in [0.5, 0.6) is 11.5 Å². The fraction of sp³-hybridized carbons (Fsp3) is 0.267. The van der Waals surface area contributed by atoms with Crippen LogP contribution in [0.1, 0.15) is 33.4 Å². The summed E-state index contributed by atoms with van der Waals surface area (Å²) >= 11 is 0. The highest BCUT2D eigenvalue weighted by atomic mass is 16.5. The number of hydrogen-bond acceptors (Lipinski definition) is 5. The molecular weight excluding hydrogens is 482 g/mol. The summed E-state index contributed by atoms with van der Waals surface area (Å²) < 4.78 is 18.2. The second-order valence-electron chi connectivity index (χ2n) is 9.27. The third kappa shape index (κ3) is 4.37. The third-order valence-electron chi connectivity index (χ3n) is 7.17. The van der Waals surface area contributed by atoms with Crippen molar-refractivity contribution in [2.45, 2.75) is 12.0 Å². The van der Waals surface area contributed by atoms with E-state index >= 15 is 0 Å². The van der Waals surface area contributed by atoms with Gasteiger partial charge in [0.15, 0.2) is 0 Å². The van der Waals surface area contributed by atoms with Gasteiger partial charge in [0.05, 0.1) is 38.5 Å². The fourth-order valence-electron chi connectivity index (χ4n) is 5.38. The summed E-state index contributed by atoms with van der Waals surface area (Å²) in [6, 6.07) is 20.1. The highest BCUT2D eigenvalue weighted by molar-refractivity contribution is 6.05. The molecule has 38 heavy (non-hydrogen) atoms. The van der Waals surface area contributed by atoms with Crippen LogP contribution in [0.25, 0.3) is 10.9 Å². The second kappa shape index (κ2) is 10.6. The number of carbonyl (C=O) groups excluding carboxylic acids is 2. The zero-order valence-electron chi connectivity index (χ0n) is 21.9. The minimum Gasteiger partial charge on any atom is -0.497 e. The number of carbonyl (C=O) groups is 2. The van der Waals surface area contributed by atoms with Crippen LogP contribution in [-0.2, 0) is 16.6 Å². The smallest absolute Gasteiger partial charge is 0.254 e. The molecule has 0 bridgehead atoms. The van der Waals surface area contributed by atoms with Gasteiger partial charge in [-0.1, -0.05) is 36.4 Å². The van der Waals surface area contributed by atoms with E-state index in [1.807, 2.05) is 60.3 Å². The summed E-state index contributed by atoms with van der Waals surface area (Å²) in [7, 11) is 6.70. The molecule has 2 heterocycles. The van der Waals surface area contributed by atoms with Gasteiger partial charge in [-0.3, -0.25) is 9.59 Å². The Balaban J connectivity index is 1.68. The fourth-order valence-corrected chi connectivity index (χ4v) is 5.38. The average molecular weight is 514 g/mol. The van der Waals surface area contributed by atoms with Crippen LogP contribution in [0.4, 0.5) is 5.69 Å². The Labute approximate surface area is 221 Å². The number of nitrogens with zero attached hydrogens (tertiary/aromatic N) is 2. The van der Waals surface area contributed by atoms with Crippen molar-refractivity contribution in [3.05, 3.63) is 89.6 Å². The van der Waals surface area contributed by atoms with E-state index in [4.69, 9.17) is 14.2 Å². The Morgan fingerprint density at radius 3 is 2.47 bits per heavy atom. The number of aryl methyl sites for hydroxylation is 1. The van der Waals surface area contributed by atoms with Crippen molar-refractivity contribution in [2.24, 2.45) is 7.05 Å². The van der Waals surface area contributed by atoms with Crippen molar-refractivity contribution in [2.75, 3.05) is 39.8 Å². The summed E-state index contributed by atoms with van der Waals surface area (Å²) in [5, 5.41) is 4.07. The van der Waals surface area contributed by atoms with Gasteiger partial charge in [-0.15, -0.1) is 0 Å². The zero-order chi connectivity index (χ0) is 26.8. The highest BCUT2D eigenvalue weighted by Crippen LogP contribution is 2.46. The van der Waals surface area contributed by atoms with Gasteiger partial charge in [-0.05, 0) is 29.8 Å². The van der Waals surface area contributed by atoms with E-state index in [2.05, 4.69) is 5.32 Å². The molecule has 0 unspecified atom stereocenters. The Kier molecular flexibility index (Phi) is 7.07. The number of para-hydroxylation sites is 1. The van der Waals surface area contributed by atoms with E-state index in [1.54, 1.807) is 50.5 Å². The van der Waals surface area contributed by atoms with Gasteiger partial charge >= 0.3 is 0 Å². The number of aromatic nitrogens is 1. The quantitative estimate of drug-likeness (QED) is 0.367. The number of fused-ring (bicyclic) bond motifs is 2. The molecule has 8 heteroatoms.